The molecule has 130 valence electrons. The minimum absolute atomic E-state index is 0.128. The van der Waals surface area contributed by atoms with E-state index in [-0.39, 0.29) is 12.0 Å². The SMILES string of the molecule is O=C(NCc1cccnc1N1CCC[C@H](O)C1)c1cc2sccc2[nH]1. The van der Waals surface area contributed by atoms with Crippen LogP contribution in [0.3, 0.4) is 0 Å². The number of aliphatic hydroxyl groups is 1. The second-order valence-electron chi connectivity index (χ2n) is 6.29. The molecule has 4 heterocycles. The van der Waals surface area contributed by atoms with Crippen molar-refractivity contribution in [2.24, 2.45) is 0 Å². The molecule has 1 atom stereocenters. The summed E-state index contributed by atoms with van der Waals surface area (Å²) in [5.74, 6) is 0.714. The first-order valence-electron chi connectivity index (χ1n) is 8.42. The molecule has 0 unspecified atom stereocenters. The lowest BCUT2D eigenvalue weighted by Crippen LogP contribution is -2.39. The van der Waals surface area contributed by atoms with Crippen LogP contribution in [0.4, 0.5) is 5.82 Å². The van der Waals surface area contributed by atoms with E-state index in [0.717, 1.165) is 41.0 Å². The third-order valence-electron chi connectivity index (χ3n) is 4.49. The van der Waals surface area contributed by atoms with Crippen molar-refractivity contribution in [3.63, 3.8) is 0 Å². The first-order chi connectivity index (χ1) is 12.2. The van der Waals surface area contributed by atoms with Crippen LogP contribution in [0.25, 0.3) is 10.2 Å². The molecule has 0 saturated carbocycles. The zero-order valence-corrected chi connectivity index (χ0v) is 14.6. The normalized spacial score (nSPS) is 17.8. The lowest BCUT2D eigenvalue weighted by molar-refractivity contribution is 0.0946. The van der Waals surface area contributed by atoms with Crippen LogP contribution in [0.5, 0.6) is 0 Å². The van der Waals surface area contributed by atoms with Gasteiger partial charge in [0, 0.05) is 31.4 Å². The Morgan fingerprint density at radius 1 is 1.48 bits per heavy atom. The van der Waals surface area contributed by atoms with E-state index in [9.17, 15) is 9.90 Å². The zero-order chi connectivity index (χ0) is 17.2. The van der Waals surface area contributed by atoms with Gasteiger partial charge >= 0.3 is 0 Å². The molecule has 3 N–H and O–H groups in total. The standard InChI is InChI=1S/C18H20N4O2S/c23-13-4-2-7-22(11-13)17-12(3-1-6-19-17)10-20-18(24)15-9-16-14(21-15)5-8-25-16/h1,3,5-6,8-9,13,21,23H,2,4,7,10-11H2,(H,20,24)/t13-/m0/s1. The largest absolute Gasteiger partial charge is 0.391 e. The fourth-order valence-corrected chi connectivity index (χ4v) is 4.02. The third kappa shape index (κ3) is 3.38. The fourth-order valence-electron chi connectivity index (χ4n) is 3.24. The Kier molecular flexibility index (Phi) is 4.42. The number of β-amino-alcohol motifs (C(OH)–C–C–N with tert-alkyl or cyclic N) is 1. The lowest BCUT2D eigenvalue weighted by atomic mass is 10.1. The van der Waals surface area contributed by atoms with Crippen molar-refractivity contribution in [3.8, 4) is 0 Å². The molecule has 0 aliphatic carbocycles. The first-order valence-corrected chi connectivity index (χ1v) is 9.30. The third-order valence-corrected chi connectivity index (χ3v) is 5.35. The molecule has 1 saturated heterocycles. The molecule has 7 heteroatoms. The maximum atomic E-state index is 12.4. The number of aromatic nitrogens is 2. The molecule has 1 aliphatic heterocycles. The number of piperidine rings is 1. The van der Waals surface area contributed by atoms with E-state index in [1.54, 1.807) is 17.5 Å². The second-order valence-corrected chi connectivity index (χ2v) is 7.24. The summed E-state index contributed by atoms with van der Waals surface area (Å²) in [6.07, 6.45) is 3.22. The van der Waals surface area contributed by atoms with E-state index in [1.807, 2.05) is 29.6 Å². The number of aromatic amines is 1. The van der Waals surface area contributed by atoms with Crippen LogP contribution in [0.15, 0.2) is 35.8 Å². The van der Waals surface area contributed by atoms with E-state index in [1.165, 1.54) is 0 Å². The highest BCUT2D eigenvalue weighted by Crippen LogP contribution is 2.23. The van der Waals surface area contributed by atoms with Gasteiger partial charge in [-0.1, -0.05) is 6.07 Å². The molecular weight excluding hydrogens is 336 g/mol. The fraction of sp³-hybridized carbons (Fsp3) is 0.333. The molecule has 4 rings (SSSR count). The van der Waals surface area contributed by atoms with Gasteiger partial charge in [0.15, 0.2) is 0 Å². The van der Waals surface area contributed by atoms with E-state index >= 15 is 0 Å². The number of nitrogens with one attached hydrogen (secondary N) is 2. The maximum Gasteiger partial charge on any atom is 0.268 e. The number of nitrogens with zero attached hydrogens (tertiary/aromatic N) is 2. The smallest absolute Gasteiger partial charge is 0.268 e. The summed E-state index contributed by atoms with van der Waals surface area (Å²) in [5, 5.41) is 14.9. The van der Waals surface area contributed by atoms with Gasteiger partial charge in [-0.3, -0.25) is 4.79 Å². The van der Waals surface area contributed by atoms with Crippen molar-refractivity contribution < 1.29 is 9.90 Å². The Labute approximate surface area is 149 Å². The van der Waals surface area contributed by atoms with Crippen LogP contribution in [0, 0.1) is 0 Å². The van der Waals surface area contributed by atoms with Crippen LogP contribution in [-0.4, -0.2) is 40.2 Å². The highest BCUT2D eigenvalue weighted by molar-refractivity contribution is 7.17. The Morgan fingerprint density at radius 2 is 2.40 bits per heavy atom. The predicted octanol–water partition coefficient (Wildman–Crippen LogP) is 2.52. The van der Waals surface area contributed by atoms with Crippen LogP contribution in [0.1, 0.15) is 28.9 Å². The molecule has 0 bridgehead atoms. The first kappa shape index (κ1) is 16.1. The van der Waals surface area contributed by atoms with Gasteiger partial charge in [0.2, 0.25) is 0 Å². The number of carbonyl (C=O) groups is 1. The van der Waals surface area contributed by atoms with Crippen molar-refractivity contribution >= 4 is 33.3 Å². The topological polar surface area (TPSA) is 81.2 Å². The monoisotopic (exact) mass is 356 g/mol. The van der Waals surface area contributed by atoms with Gasteiger partial charge in [0.25, 0.3) is 5.91 Å². The molecule has 25 heavy (non-hydrogen) atoms. The molecule has 0 spiro atoms. The minimum atomic E-state index is -0.315. The number of carbonyl (C=O) groups excluding carboxylic acids is 1. The summed E-state index contributed by atoms with van der Waals surface area (Å²) in [5.41, 5.74) is 2.51. The van der Waals surface area contributed by atoms with Crippen LogP contribution in [0.2, 0.25) is 0 Å². The summed E-state index contributed by atoms with van der Waals surface area (Å²) < 4.78 is 1.08. The number of amides is 1. The number of aliphatic hydroxyl groups excluding tert-OH is 1. The Morgan fingerprint density at radius 3 is 3.24 bits per heavy atom. The number of anilines is 1. The number of hydrogen-bond donors (Lipinski definition) is 3. The van der Waals surface area contributed by atoms with Gasteiger partial charge in [-0.15, -0.1) is 11.3 Å². The molecule has 0 aromatic carbocycles. The summed E-state index contributed by atoms with van der Waals surface area (Å²) in [6, 6.07) is 7.69. The maximum absolute atomic E-state index is 12.4. The number of fused-ring (bicyclic) bond motifs is 1. The number of hydrogen-bond acceptors (Lipinski definition) is 5. The van der Waals surface area contributed by atoms with Gasteiger partial charge in [0.1, 0.15) is 11.5 Å². The van der Waals surface area contributed by atoms with Crippen molar-refractivity contribution in [3.05, 3.63) is 47.1 Å². The Bertz CT molecular complexity index is 859. The van der Waals surface area contributed by atoms with Crippen LogP contribution in [-0.2, 0) is 6.54 Å². The molecule has 1 fully saturated rings. The summed E-state index contributed by atoms with van der Waals surface area (Å²) >= 11 is 1.61. The molecular formula is C18H20N4O2S. The summed E-state index contributed by atoms with van der Waals surface area (Å²) in [6.45, 7) is 1.87. The molecule has 0 radical (unpaired) electrons. The van der Waals surface area contributed by atoms with Gasteiger partial charge in [-0.05, 0) is 36.4 Å². The predicted molar refractivity (Wildman–Crippen MR) is 99.0 cm³/mol. The summed E-state index contributed by atoms with van der Waals surface area (Å²) in [7, 11) is 0. The molecule has 1 aliphatic rings. The van der Waals surface area contributed by atoms with Crippen molar-refractivity contribution in [2.75, 3.05) is 18.0 Å². The lowest BCUT2D eigenvalue weighted by Gasteiger charge is -2.32. The molecule has 1 amide bonds. The van der Waals surface area contributed by atoms with Gasteiger partial charge < -0.3 is 20.3 Å². The van der Waals surface area contributed by atoms with E-state index in [4.69, 9.17) is 0 Å². The Balaban J connectivity index is 1.47. The van der Waals surface area contributed by atoms with E-state index < -0.39 is 0 Å². The number of pyridine rings is 1. The van der Waals surface area contributed by atoms with Crippen LogP contribution < -0.4 is 10.2 Å². The van der Waals surface area contributed by atoms with Gasteiger partial charge in [0.05, 0.1) is 16.3 Å². The van der Waals surface area contributed by atoms with Gasteiger partial charge in [-0.25, -0.2) is 4.98 Å². The van der Waals surface area contributed by atoms with Gasteiger partial charge in [-0.2, -0.15) is 0 Å². The number of rotatable bonds is 4. The second kappa shape index (κ2) is 6.85. The average molecular weight is 356 g/mol. The van der Waals surface area contributed by atoms with E-state index in [2.05, 4.69) is 20.2 Å². The average Bonchev–Trinajstić information content (AvgIpc) is 3.22. The quantitative estimate of drug-likeness (QED) is 0.671. The molecule has 6 nitrogen and oxygen atoms in total. The summed E-state index contributed by atoms with van der Waals surface area (Å²) in [4.78, 5) is 22.1. The molecule has 3 aromatic heterocycles. The zero-order valence-electron chi connectivity index (χ0n) is 13.7. The van der Waals surface area contributed by atoms with Crippen LogP contribution >= 0.6 is 11.3 Å². The number of H-pyrrole nitrogens is 1. The number of thiophene rings is 1. The Hall–Kier alpha value is -2.38. The van der Waals surface area contributed by atoms with E-state index in [0.29, 0.717) is 18.8 Å². The highest BCUT2D eigenvalue weighted by Gasteiger charge is 2.21. The highest BCUT2D eigenvalue weighted by atomic mass is 32.1. The van der Waals surface area contributed by atoms with Crippen molar-refractivity contribution in [1.82, 2.24) is 15.3 Å². The van der Waals surface area contributed by atoms with Crippen molar-refractivity contribution in [1.29, 1.82) is 0 Å². The molecule has 3 aromatic rings. The van der Waals surface area contributed by atoms with Crippen molar-refractivity contribution in [2.45, 2.75) is 25.5 Å². The minimum Gasteiger partial charge on any atom is -0.391 e.